The molecule has 1 heterocycles. The molecule has 1 aliphatic rings. The van der Waals surface area contributed by atoms with Crippen LogP contribution in [-0.2, 0) is 11.4 Å². The third-order valence-corrected chi connectivity index (χ3v) is 3.55. The molecule has 0 spiro atoms. The maximum absolute atomic E-state index is 12.3. The summed E-state index contributed by atoms with van der Waals surface area (Å²) in [6.07, 6.45) is 0. The lowest BCUT2D eigenvalue weighted by Gasteiger charge is -2.29. The lowest BCUT2D eigenvalue weighted by atomic mass is 10.1. The summed E-state index contributed by atoms with van der Waals surface area (Å²) in [7, 11) is 0. The van der Waals surface area contributed by atoms with Crippen molar-refractivity contribution in [1.82, 2.24) is 0 Å². The summed E-state index contributed by atoms with van der Waals surface area (Å²) >= 11 is 0. The summed E-state index contributed by atoms with van der Waals surface area (Å²) in [6, 6.07) is 13.9. The first-order chi connectivity index (χ1) is 10.7. The summed E-state index contributed by atoms with van der Waals surface area (Å²) in [6.45, 7) is -0.241. The topological polar surface area (TPSA) is 66.8 Å². The fourth-order valence-electron chi connectivity index (χ4n) is 2.38. The molecule has 1 N–H and O–H groups in total. The number of hydrogen-bond acceptors (Lipinski definition) is 4. The van der Waals surface area contributed by atoms with Gasteiger partial charge in [-0.15, -0.1) is 0 Å². The van der Waals surface area contributed by atoms with Crippen molar-refractivity contribution < 1.29 is 19.4 Å². The molecular formula is C17H15NO4. The molecule has 22 heavy (non-hydrogen) atoms. The van der Waals surface area contributed by atoms with Gasteiger partial charge in [-0.2, -0.15) is 0 Å². The van der Waals surface area contributed by atoms with Crippen LogP contribution in [0.15, 0.2) is 48.5 Å². The van der Waals surface area contributed by atoms with Crippen molar-refractivity contribution in [3.8, 4) is 5.75 Å². The van der Waals surface area contributed by atoms with E-state index in [0.717, 1.165) is 0 Å². The Balaban J connectivity index is 1.88. The molecule has 5 heteroatoms. The molecule has 0 fully saturated rings. The van der Waals surface area contributed by atoms with E-state index in [0.29, 0.717) is 22.6 Å². The van der Waals surface area contributed by atoms with Gasteiger partial charge in [-0.1, -0.05) is 36.4 Å². The van der Waals surface area contributed by atoms with Gasteiger partial charge < -0.3 is 9.84 Å². The zero-order valence-electron chi connectivity index (χ0n) is 11.9. The monoisotopic (exact) mass is 297 g/mol. The molecule has 5 nitrogen and oxygen atoms in total. The number of ketones is 1. The Bertz CT molecular complexity index is 712. The van der Waals surface area contributed by atoms with Crippen LogP contribution in [0, 0.1) is 0 Å². The number of aliphatic hydroxyl groups is 1. The average Bonchev–Trinajstić information content (AvgIpc) is 2.57. The van der Waals surface area contributed by atoms with Crippen LogP contribution >= 0.6 is 0 Å². The normalized spacial score (nSPS) is 13.5. The smallest absolute Gasteiger partial charge is 0.265 e. The van der Waals surface area contributed by atoms with Crippen LogP contribution in [0.1, 0.15) is 15.9 Å². The zero-order chi connectivity index (χ0) is 15.5. The van der Waals surface area contributed by atoms with Crippen molar-refractivity contribution in [3.05, 3.63) is 59.7 Å². The number of ether oxygens (including phenoxy) is 1. The van der Waals surface area contributed by atoms with Crippen molar-refractivity contribution in [1.29, 1.82) is 0 Å². The summed E-state index contributed by atoms with van der Waals surface area (Å²) in [5.74, 6) is 0.119. The molecule has 0 saturated heterocycles. The number of hydrogen-bond donors (Lipinski definition) is 1. The van der Waals surface area contributed by atoms with Crippen LogP contribution in [0.3, 0.4) is 0 Å². The highest BCUT2D eigenvalue weighted by Gasteiger charge is 2.27. The Kier molecular flexibility index (Phi) is 3.89. The Morgan fingerprint density at radius 3 is 2.68 bits per heavy atom. The number of amides is 1. The summed E-state index contributed by atoms with van der Waals surface area (Å²) < 4.78 is 5.38. The van der Waals surface area contributed by atoms with Gasteiger partial charge in [0.2, 0.25) is 0 Å². The second-order valence-corrected chi connectivity index (χ2v) is 5.02. The van der Waals surface area contributed by atoms with E-state index in [4.69, 9.17) is 9.84 Å². The molecule has 2 aromatic rings. The van der Waals surface area contributed by atoms with Crippen LogP contribution in [-0.4, -0.2) is 29.9 Å². The summed E-state index contributed by atoms with van der Waals surface area (Å²) in [5, 5.41) is 9.16. The fraction of sp³-hybridized carbons (Fsp3) is 0.176. The van der Waals surface area contributed by atoms with Crippen LogP contribution in [0.2, 0.25) is 0 Å². The highest BCUT2D eigenvalue weighted by Crippen LogP contribution is 2.33. The van der Waals surface area contributed by atoms with Crippen LogP contribution in [0.25, 0.3) is 0 Å². The third kappa shape index (κ3) is 2.71. The number of benzene rings is 2. The molecule has 0 aromatic heterocycles. The Morgan fingerprint density at radius 2 is 1.95 bits per heavy atom. The van der Waals surface area contributed by atoms with Gasteiger partial charge in [0.1, 0.15) is 5.75 Å². The minimum Gasteiger partial charge on any atom is -0.482 e. The van der Waals surface area contributed by atoms with Gasteiger partial charge in [-0.3, -0.25) is 14.5 Å². The molecule has 1 aliphatic heterocycles. The molecule has 2 aromatic carbocycles. The van der Waals surface area contributed by atoms with Gasteiger partial charge in [0.05, 0.1) is 18.8 Å². The predicted octanol–water partition coefficient (Wildman–Crippen LogP) is 1.79. The maximum atomic E-state index is 12.3. The molecule has 0 unspecified atom stereocenters. The van der Waals surface area contributed by atoms with Gasteiger partial charge in [-0.05, 0) is 17.7 Å². The second-order valence-electron chi connectivity index (χ2n) is 5.02. The number of Topliss-reactive ketones (excluding diaryl/α,β-unsaturated/α-hetero) is 1. The minimum absolute atomic E-state index is 0.0301. The van der Waals surface area contributed by atoms with E-state index in [1.807, 2.05) is 6.07 Å². The largest absolute Gasteiger partial charge is 0.482 e. The van der Waals surface area contributed by atoms with E-state index >= 15 is 0 Å². The molecule has 0 aliphatic carbocycles. The first-order valence-corrected chi connectivity index (χ1v) is 6.94. The molecule has 3 rings (SSSR count). The lowest BCUT2D eigenvalue weighted by molar-refractivity contribution is -0.121. The number of carbonyl (C=O) groups is 2. The van der Waals surface area contributed by atoms with Crippen molar-refractivity contribution in [2.45, 2.75) is 6.61 Å². The van der Waals surface area contributed by atoms with Gasteiger partial charge in [-0.25, -0.2) is 0 Å². The van der Waals surface area contributed by atoms with E-state index in [2.05, 4.69) is 0 Å². The van der Waals surface area contributed by atoms with Crippen molar-refractivity contribution in [3.63, 3.8) is 0 Å². The number of anilines is 1. The van der Waals surface area contributed by atoms with Crippen LogP contribution < -0.4 is 9.64 Å². The lowest BCUT2D eigenvalue weighted by Crippen LogP contribution is -2.42. The quantitative estimate of drug-likeness (QED) is 0.874. The molecule has 0 atom stereocenters. The van der Waals surface area contributed by atoms with Crippen molar-refractivity contribution >= 4 is 17.4 Å². The van der Waals surface area contributed by atoms with E-state index in [9.17, 15) is 9.59 Å². The van der Waals surface area contributed by atoms with Gasteiger partial charge in [0, 0.05) is 5.56 Å². The Hall–Kier alpha value is -2.66. The highest BCUT2D eigenvalue weighted by molar-refractivity contribution is 6.07. The van der Waals surface area contributed by atoms with Crippen molar-refractivity contribution in [2.75, 3.05) is 18.1 Å². The van der Waals surface area contributed by atoms with Crippen LogP contribution in [0.5, 0.6) is 5.75 Å². The minimum atomic E-state index is -0.256. The average molecular weight is 297 g/mol. The molecule has 0 bridgehead atoms. The van der Waals surface area contributed by atoms with Gasteiger partial charge in [0.25, 0.3) is 5.91 Å². The predicted molar refractivity (Wildman–Crippen MR) is 81.0 cm³/mol. The first-order valence-electron chi connectivity index (χ1n) is 6.94. The van der Waals surface area contributed by atoms with Crippen LogP contribution in [0.4, 0.5) is 5.69 Å². The van der Waals surface area contributed by atoms with E-state index in [1.54, 1.807) is 42.5 Å². The van der Waals surface area contributed by atoms with Crippen molar-refractivity contribution in [2.24, 2.45) is 0 Å². The second kappa shape index (κ2) is 5.99. The molecule has 0 radical (unpaired) electrons. The number of fused-ring (bicyclic) bond motifs is 1. The number of carbonyl (C=O) groups excluding carboxylic acids is 2. The summed E-state index contributed by atoms with van der Waals surface area (Å²) in [5.41, 5.74) is 1.82. The highest BCUT2D eigenvalue weighted by atomic mass is 16.5. The maximum Gasteiger partial charge on any atom is 0.265 e. The van der Waals surface area contributed by atoms with Gasteiger partial charge >= 0.3 is 0 Å². The molecule has 1 amide bonds. The van der Waals surface area contributed by atoms with E-state index in [1.165, 1.54) is 4.90 Å². The zero-order valence-corrected chi connectivity index (χ0v) is 11.9. The number of aliphatic hydroxyl groups excluding tert-OH is 1. The summed E-state index contributed by atoms with van der Waals surface area (Å²) in [4.78, 5) is 25.8. The molecular weight excluding hydrogens is 282 g/mol. The number of rotatable bonds is 4. The van der Waals surface area contributed by atoms with E-state index in [-0.39, 0.29) is 31.4 Å². The molecule has 0 saturated carbocycles. The Morgan fingerprint density at radius 1 is 1.18 bits per heavy atom. The Labute approximate surface area is 127 Å². The SMILES string of the molecule is O=C(CN1C(=O)COc2cc(CO)ccc21)c1ccccc1. The van der Waals surface area contributed by atoms with E-state index < -0.39 is 0 Å². The van der Waals surface area contributed by atoms with Gasteiger partial charge in [0.15, 0.2) is 12.4 Å². The standard InChI is InChI=1S/C17H15NO4/c19-10-12-6-7-14-16(8-12)22-11-17(21)18(14)9-15(20)13-4-2-1-3-5-13/h1-8,19H,9-11H2. The fourth-order valence-corrected chi connectivity index (χ4v) is 2.38. The number of nitrogens with zero attached hydrogens (tertiary/aromatic N) is 1. The molecule has 112 valence electrons. The first kappa shape index (κ1) is 14.3. The third-order valence-electron chi connectivity index (χ3n) is 3.55.